The largest absolute Gasteiger partial charge is 0.480 e. The number of carbonyl (C=O) groups excluding carboxylic acids is 2. The zero-order chi connectivity index (χ0) is 17.3. The fraction of sp³-hybridized carbons (Fsp3) is 0.833. The van der Waals surface area contributed by atoms with Crippen molar-refractivity contribution < 1.29 is 19.5 Å². The maximum absolute atomic E-state index is 12.8. The van der Waals surface area contributed by atoms with E-state index in [-0.39, 0.29) is 30.2 Å². The average molecular weight is 336 g/mol. The molecule has 24 heavy (non-hydrogen) atoms. The van der Waals surface area contributed by atoms with E-state index in [9.17, 15) is 19.5 Å². The lowest BCUT2D eigenvalue weighted by molar-refractivity contribution is -0.153. The Hall–Kier alpha value is -1.59. The molecule has 0 spiro atoms. The first-order valence-electron chi connectivity index (χ1n) is 9.30. The van der Waals surface area contributed by atoms with Crippen molar-refractivity contribution in [3.63, 3.8) is 0 Å². The summed E-state index contributed by atoms with van der Waals surface area (Å²) in [6.45, 7) is 3.22. The predicted molar refractivity (Wildman–Crippen MR) is 88.2 cm³/mol. The molecule has 1 aliphatic carbocycles. The Morgan fingerprint density at radius 1 is 1.08 bits per heavy atom. The average Bonchev–Trinajstić information content (AvgIpc) is 2.96. The van der Waals surface area contributed by atoms with Crippen LogP contribution in [0.3, 0.4) is 0 Å². The van der Waals surface area contributed by atoms with Crippen molar-refractivity contribution in [3.05, 3.63) is 0 Å². The van der Waals surface area contributed by atoms with Crippen LogP contribution in [0.5, 0.6) is 0 Å². The van der Waals surface area contributed by atoms with E-state index in [1.165, 1.54) is 4.90 Å². The van der Waals surface area contributed by atoms with Gasteiger partial charge in [0.25, 0.3) is 0 Å². The van der Waals surface area contributed by atoms with E-state index in [1.54, 1.807) is 0 Å². The van der Waals surface area contributed by atoms with Gasteiger partial charge in [0, 0.05) is 25.6 Å². The van der Waals surface area contributed by atoms with Crippen LogP contribution in [0.1, 0.15) is 58.3 Å². The van der Waals surface area contributed by atoms with E-state index in [0.717, 1.165) is 44.4 Å². The SMILES string of the molecule is CC1CCC(N2C[C@H](C(=O)N3CCCC[C@H]3C(=O)O)CC2=O)CC1. The Morgan fingerprint density at radius 3 is 2.46 bits per heavy atom. The monoisotopic (exact) mass is 336 g/mol. The molecule has 3 fully saturated rings. The molecule has 134 valence electrons. The minimum Gasteiger partial charge on any atom is -0.480 e. The molecule has 0 unspecified atom stereocenters. The molecular formula is C18H28N2O4. The van der Waals surface area contributed by atoms with Crippen LogP contribution in [0.2, 0.25) is 0 Å². The van der Waals surface area contributed by atoms with Crippen LogP contribution in [-0.4, -0.2) is 57.9 Å². The first kappa shape index (κ1) is 17.2. The third-order valence-corrected chi connectivity index (χ3v) is 6.00. The molecule has 2 amide bonds. The number of carbonyl (C=O) groups is 3. The van der Waals surface area contributed by atoms with Crippen LogP contribution < -0.4 is 0 Å². The van der Waals surface area contributed by atoms with E-state index >= 15 is 0 Å². The van der Waals surface area contributed by atoms with Crippen molar-refractivity contribution in [2.24, 2.45) is 11.8 Å². The van der Waals surface area contributed by atoms with Crippen molar-refractivity contribution in [1.29, 1.82) is 0 Å². The number of hydrogen-bond donors (Lipinski definition) is 1. The lowest BCUT2D eigenvalue weighted by Gasteiger charge is -2.35. The fourth-order valence-corrected chi connectivity index (χ4v) is 4.49. The van der Waals surface area contributed by atoms with Crippen molar-refractivity contribution in [2.75, 3.05) is 13.1 Å². The van der Waals surface area contributed by atoms with E-state index in [0.29, 0.717) is 19.5 Å². The summed E-state index contributed by atoms with van der Waals surface area (Å²) in [6.07, 6.45) is 6.78. The number of carboxylic acid groups (broad SMARTS) is 1. The molecule has 3 rings (SSSR count). The highest BCUT2D eigenvalue weighted by atomic mass is 16.4. The van der Waals surface area contributed by atoms with Gasteiger partial charge in [0.15, 0.2) is 0 Å². The van der Waals surface area contributed by atoms with Crippen molar-refractivity contribution in [3.8, 4) is 0 Å². The molecule has 0 aromatic carbocycles. The summed E-state index contributed by atoms with van der Waals surface area (Å²) in [5.41, 5.74) is 0. The maximum Gasteiger partial charge on any atom is 0.326 e. The highest BCUT2D eigenvalue weighted by Crippen LogP contribution is 2.32. The van der Waals surface area contributed by atoms with Crippen LogP contribution in [0.25, 0.3) is 0 Å². The van der Waals surface area contributed by atoms with Crippen molar-refractivity contribution >= 4 is 17.8 Å². The summed E-state index contributed by atoms with van der Waals surface area (Å²) in [6, 6.07) is -0.450. The third kappa shape index (κ3) is 3.42. The molecule has 2 heterocycles. The predicted octanol–water partition coefficient (Wildman–Crippen LogP) is 1.88. The molecule has 6 nitrogen and oxygen atoms in total. The quantitative estimate of drug-likeness (QED) is 0.853. The summed E-state index contributed by atoms with van der Waals surface area (Å²) < 4.78 is 0. The number of hydrogen-bond acceptors (Lipinski definition) is 3. The van der Waals surface area contributed by atoms with Gasteiger partial charge >= 0.3 is 5.97 Å². The molecule has 2 atom stereocenters. The van der Waals surface area contributed by atoms with Crippen LogP contribution >= 0.6 is 0 Å². The minimum absolute atomic E-state index is 0.0665. The summed E-state index contributed by atoms with van der Waals surface area (Å²) in [7, 11) is 0. The van der Waals surface area contributed by atoms with Gasteiger partial charge < -0.3 is 14.9 Å². The lowest BCUT2D eigenvalue weighted by Crippen LogP contribution is -2.50. The zero-order valence-electron chi connectivity index (χ0n) is 14.4. The van der Waals surface area contributed by atoms with Gasteiger partial charge in [-0.2, -0.15) is 0 Å². The number of carboxylic acids is 1. The molecular weight excluding hydrogens is 308 g/mol. The van der Waals surface area contributed by atoms with E-state index in [1.807, 2.05) is 4.90 Å². The van der Waals surface area contributed by atoms with E-state index < -0.39 is 12.0 Å². The molecule has 0 bridgehead atoms. The van der Waals surface area contributed by atoms with Gasteiger partial charge in [0.05, 0.1) is 5.92 Å². The van der Waals surface area contributed by atoms with Gasteiger partial charge in [0.2, 0.25) is 11.8 Å². The lowest BCUT2D eigenvalue weighted by atomic mass is 9.86. The second kappa shape index (κ2) is 7.11. The number of rotatable bonds is 3. The van der Waals surface area contributed by atoms with Gasteiger partial charge in [-0.25, -0.2) is 4.79 Å². The van der Waals surface area contributed by atoms with Gasteiger partial charge in [-0.05, 0) is 50.9 Å². The Kier molecular flexibility index (Phi) is 5.11. The first-order chi connectivity index (χ1) is 11.5. The van der Waals surface area contributed by atoms with E-state index in [4.69, 9.17) is 0 Å². The minimum atomic E-state index is -0.925. The molecule has 2 aliphatic heterocycles. The third-order valence-electron chi connectivity index (χ3n) is 6.00. The van der Waals surface area contributed by atoms with E-state index in [2.05, 4.69) is 6.92 Å². The number of aliphatic carboxylic acids is 1. The first-order valence-corrected chi connectivity index (χ1v) is 9.30. The summed E-state index contributed by atoms with van der Waals surface area (Å²) in [5, 5.41) is 9.36. The molecule has 0 radical (unpaired) electrons. The number of likely N-dealkylation sites (tertiary alicyclic amines) is 2. The Morgan fingerprint density at radius 2 is 1.79 bits per heavy atom. The summed E-state index contributed by atoms with van der Waals surface area (Å²) in [5.74, 6) is -0.637. The van der Waals surface area contributed by atoms with Gasteiger partial charge in [-0.15, -0.1) is 0 Å². The molecule has 1 saturated carbocycles. The topological polar surface area (TPSA) is 77.9 Å². The van der Waals surface area contributed by atoms with Crippen molar-refractivity contribution in [1.82, 2.24) is 9.80 Å². The standard InChI is InChI=1S/C18H28N2O4/c1-12-5-7-14(8-6-12)20-11-13(10-16(20)21)17(22)19-9-3-2-4-15(19)18(23)24/h12-15H,2-11H2,1H3,(H,23,24)/t12?,13-,14?,15+/m1/s1. The Labute approximate surface area is 143 Å². The fourth-order valence-electron chi connectivity index (χ4n) is 4.49. The zero-order valence-corrected chi connectivity index (χ0v) is 14.4. The summed E-state index contributed by atoms with van der Waals surface area (Å²) in [4.78, 5) is 40.1. The highest BCUT2D eigenvalue weighted by Gasteiger charge is 2.42. The van der Waals surface area contributed by atoms with Crippen LogP contribution in [-0.2, 0) is 14.4 Å². The summed E-state index contributed by atoms with van der Waals surface area (Å²) >= 11 is 0. The second-order valence-electron chi connectivity index (χ2n) is 7.74. The number of amides is 2. The molecule has 0 aromatic heterocycles. The second-order valence-corrected chi connectivity index (χ2v) is 7.74. The Balaban J connectivity index is 1.64. The van der Waals surface area contributed by atoms with Gasteiger partial charge in [-0.1, -0.05) is 6.92 Å². The maximum atomic E-state index is 12.8. The van der Waals surface area contributed by atoms with Crippen LogP contribution in [0, 0.1) is 11.8 Å². The Bertz CT molecular complexity index is 513. The smallest absolute Gasteiger partial charge is 0.326 e. The van der Waals surface area contributed by atoms with Gasteiger partial charge in [0.1, 0.15) is 6.04 Å². The van der Waals surface area contributed by atoms with Crippen molar-refractivity contribution in [2.45, 2.75) is 70.4 Å². The number of nitrogens with zero attached hydrogens (tertiary/aromatic N) is 2. The molecule has 0 aromatic rings. The van der Waals surface area contributed by atoms with Crippen LogP contribution in [0.15, 0.2) is 0 Å². The molecule has 3 aliphatic rings. The molecule has 2 saturated heterocycles. The highest BCUT2D eigenvalue weighted by molar-refractivity contribution is 5.91. The molecule has 1 N–H and O–H groups in total. The van der Waals surface area contributed by atoms with Crippen LogP contribution in [0.4, 0.5) is 0 Å². The van der Waals surface area contributed by atoms with Gasteiger partial charge in [-0.3, -0.25) is 9.59 Å². The normalized spacial score (nSPS) is 34.5. The molecule has 6 heteroatoms. The number of piperidine rings is 1.